The van der Waals surface area contributed by atoms with Gasteiger partial charge in [0.1, 0.15) is 0 Å². The van der Waals surface area contributed by atoms with Crippen LogP contribution in [-0.4, -0.2) is 30.4 Å². The fraction of sp³-hybridized carbons (Fsp3) is 0.350. The highest BCUT2D eigenvalue weighted by atomic mass is 19.4. The first-order valence-electron chi connectivity index (χ1n) is 8.88. The number of benzene rings is 1. The summed E-state index contributed by atoms with van der Waals surface area (Å²) in [5.74, 6) is -0.496. The number of carbonyl (C=O) groups excluding carboxylic acids is 2. The van der Waals surface area contributed by atoms with Gasteiger partial charge in [-0.05, 0) is 43.0 Å². The van der Waals surface area contributed by atoms with Crippen LogP contribution in [0.3, 0.4) is 0 Å². The van der Waals surface area contributed by atoms with Crippen LogP contribution in [0.15, 0.2) is 36.5 Å². The van der Waals surface area contributed by atoms with Gasteiger partial charge < -0.3 is 10.2 Å². The minimum Gasteiger partial charge on any atom is -0.355 e. The largest absolute Gasteiger partial charge is 0.418 e. The number of halogens is 3. The third-order valence-electron chi connectivity index (χ3n) is 4.66. The molecule has 1 aromatic carbocycles. The third-order valence-corrected chi connectivity index (χ3v) is 4.66. The van der Waals surface area contributed by atoms with E-state index in [2.05, 4.69) is 10.3 Å². The molecule has 3 rings (SSSR count). The molecule has 0 atom stereocenters. The predicted octanol–water partition coefficient (Wildman–Crippen LogP) is 3.89. The van der Waals surface area contributed by atoms with Crippen molar-refractivity contribution in [3.05, 3.63) is 47.7 Å². The van der Waals surface area contributed by atoms with Crippen molar-refractivity contribution in [2.75, 3.05) is 18.5 Å². The fourth-order valence-corrected chi connectivity index (χ4v) is 2.96. The Morgan fingerprint density at radius 1 is 1.21 bits per heavy atom. The zero-order valence-electron chi connectivity index (χ0n) is 15.5. The molecule has 148 valence electrons. The number of rotatable bonds is 5. The first kappa shape index (κ1) is 19.9. The van der Waals surface area contributed by atoms with E-state index in [1.54, 1.807) is 0 Å². The van der Waals surface area contributed by atoms with Crippen molar-refractivity contribution in [2.24, 2.45) is 5.92 Å². The molecule has 1 aliphatic carbocycles. The van der Waals surface area contributed by atoms with Crippen LogP contribution in [0.4, 0.5) is 18.9 Å². The Hall–Kier alpha value is -2.90. The molecule has 0 bridgehead atoms. The van der Waals surface area contributed by atoms with Crippen molar-refractivity contribution < 1.29 is 22.8 Å². The molecule has 0 saturated heterocycles. The second-order valence-electron chi connectivity index (χ2n) is 6.81. The summed E-state index contributed by atoms with van der Waals surface area (Å²) in [6.45, 7) is 1.56. The second kappa shape index (κ2) is 7.61. The van der Waals surface area contributed by atoms with Crippen molar-refractivity contribution in [3.63, 3.8) is 0 Å². The van der Waals surface area contributed by atoms with Crippen LogP contribution in [0.5, 0.6) is 0 Å². The van der Waals surface area contributed by atoms with Crippen LogP contribution >= 0.6 is 0 Å². The number of hydrogen-bond donors (Lipinski definition) is 1. The number of hydrogen-bond acceptors (Lipinski definition) is 3. The summed E-state index contributed by atoms with van der Waals surface area (Å²) in [6.07, 6.45) is -1.47. The molecular formula is C20H20F3N3O2. The average molecular weight is 391 g/mol. The van der Waals surface area contributed by atoms with Gasteiger partial charge in [-0.25, -0.2) is 0 Å². The lowest BCUT2D eigenvalue weighted by molar-refractivity contribution is -0.137. The highest BCUT2D eigenvalue weighted by molar-refractivity contribution is 5.94. The van der Waals surface area contributed by atoms with E-state index < -0.39 is 17.6 Å². The topological polar surface area (TPSA) is 62.3 Å². The Morgan fingerprint density at radius 3 is 2.43 bits per heavy atom. The van der Waals surface area contributed by atoms with E-state index in [-0.39, 0.29) is 29.6 Å². The van der Waals surface area contributed by atoms with E-state index in [1.807, 2.05) is 0 Å². The van der Waals surface area contributed by atoms with Gasteiger partial charge in [-0.3, -0.25) is 14.6 Å². The number of carbonyl (C=O) groups is 2. The molecule has 28 heavy (non-hydrogen) atoms. The molecule has 1 aromatic heterocycles. The van der Waals surface area contributed by atoms with Gasteiger partial charge in [-0.1, -0.05) is 6.07 Å². The SMILES string of the molecule is CNC(=O)c1ccc(-c2ccc(N(CC3CC3)C(C)=O)c(C(F)(F)F)c2)nc1. The molecule has 2 amide bonds. The molecule has 0 radical (unpaired) electrons. The summed E-state index contributed by atoms with van der Waals surface area (Å²) >= 11 is 0. The summed E-state index contributed by atoms with van der Waals surface area (Å²) in [6, 6.07) is 6.82. The number of amides is 2. The van der Waals surface area contributed by atoms with Crippen molar-refractivity contribution in [3.8, 4) is 11.3 Å². The Bertz CT molecular complexity index is 891. The molecule has 2 aromatic rings. The summed E-state index contributed by atoms with van der Waals surface area (Å²) in [4.78, 5) is 28.9. The van der Waals surface area contributed by atoms with Gasteiger partial charge in [0.15, 0.2) is 0 Å². The van der Waals surface area contributed by atoms with E-state index in [4.69, 9.17) is 0 Å². The lowest BCUT2D eigenvalue weighted by Crippen LogP contribution is -2.32. The average Bonchev–Trinajstić information content (AvgIpc) is 3.48. The molecule has 5 nitrogen and oxygen atoms in total. The van der Waals surface area contributed by atoms with Crippen molar-refractivity contribution in [1.29, 1.82) is 0 Å². The minimum absolute atomic E-state index is 0.141. The maximum absolute atomic E-state index is 13.7. The number of aromatic nitrogens is 1. The quantitative estimate of drug-likeness (QED) is 0.841. The first-order valence-corrected chi connectivity index (χ1v) is 8.88. The zero-order chi connectivity index (χ0) is 20.5. The molecule has 1 aliphatic rings. The highest BCUT2D eigenvalue weighted by Gasteiger charge is 2.37. The van der Waals surface area contributed by atoms with Crippen molar-refractivity contribution in [1.82, 2.24) is 10.3 Å². The van der Waals surface area contributed by atoms with Gasteiger partial charge in [-0.2, -0.15) is 13.2 Å². The molecule has 0 unspecified atom stereocenters. The monoisotopic (exact) mass is 391 g/mol. The normalized spacial score (nSPS) is 13.9. The third kappa shape index (κ3) is 4.32. The van der Waals surface area contributed by atoms with Gasteiger partial charge in [0.05, 0.1) is 22.5 Å². The van der Waals surface area contributed by atoms with Gasteiger partial charge in [0, 0.05) is 32.3 Å². The van der Waals surface area contributed by atoms with Crippen molar-refractivity contribution >= 4 is 17.5 Å². The number of nitrogens with one attached hydrogen (secondary N) is 1. The smallest absolute Gasteiger partial charge is 0.355 e. The van der Waals surface area contributed by atoms with Crippen molar-refractivity contribution in [2.45, 2.75) is 25.9 Å². The van der Waals surface area contributed by atoms with E-state index in [0.717, 1.165) is 18.9 Å². The van der Waals surface area contributed by atoms with Gasteiger partial charge >= 0.3 is 6.18 Å². The number of nitrogens with zero attached hydrogens (tertiary/aromatic N) is 2. The maximum atomic E-state index is 13.7. The lowest BCUT2D eigenvalue weighted by atomic mass is 10.0. The van der Waals surface area contributed by atoms with Crippen LogP contribution in [0.1, 0.15) is 35.7 Å². The summed E-state index contributed by atoms with van der Waals surface area (Å²) in [5, 5.41) is 2.46. The summed E-state index contributed by atoms with van der Waals surface area (Å²) < 4.78 is 41.2. The molecule has 1 N–H and O–H groups in total. The maximum Gasteiger partial charge on any atom is 0.418 e. The van der Waals surface area contributed by atoms with E-state index >= 15 is 0 Å². The molecule has 8 heteroatoms. The van der Waals surface area contributed by atoms with Gasteiger partial charge in [0.2, 0.25) is 5.91 Å². The first-order chi connectivity index (χ1) is 13.2. The van der Waals surface area contributed by atoms with E-state index in [9.17, 15) is 22.8 Å². The van der Waals surface area contributed by atoms with E-state index in [1.165, 1.54) is 49.3 Å². The number of anilines is 1. The zero-order valence-corrected chi connectivity index (χ0v) is 15.5. The second-order valence-corrected chi connectivity index (χ2v) is 6.81. The van der Waals surface area contributed by atoms with Crippen LogP contribution in [0.2, 0.25) is 0 Å². The molecular weight excluding hydrogens is 371 g/mol. The van der Waals surface area contributed by atoms with Gasteiger partial charge in [-0.15, -0.1) is 0 Å². The lowest BCUT2D eigenvalue weighted by Gasteiger charge is -2.25. The Labute approximate surface area is 160 Å². The Morgan fingerprint density at radius 2 is 1.93 bits per heavy atom. The highest BCUT2D eigenvalue weighted by Crippen LogP contribution is 2.40. The molecule has 1 fully saturated rings. The number of pyridine rings is 1. The van der Waals surface area contributed by atoms with Crippen LogP contribution in [0, 0.1) is 5.92 Å². The molecule has 0 aliphatic heterocycles. The number of alkyl halides is 3. The Kier molecular flexibility index (Phi) is 5.40. The Balaban J connectivity index is 2.00. The molecule has 1 heterocycles. The van der Waals surface area contributed by atoms with E-state index in [0.29, 0.717) is 11.3 Å². The molecule has 0 spiro atoms. The fourth-order valence-electron chi connectivity index (χ4n) is 2.96. The van der Waals surface area contributed by atoms with Crippen LogP contribution in [-0.2, 0) is 11.0 Å². The predicted molar refractivity (Wildman–Crippen MR) is 98.8 cm³/mol. The standard InChI is InChI=1S/C20H20F3N3O2/c1-12(27)26(11-13-3-4-13)18-8-6-14(9-16(18)20(21,22)23)17-7-5-15(10-25-17)19(28)24-2/h5-10,13H,3-4,11H2,1-2H3,(H,24,28). The summed E-state index contributed by atoms with van der Waals surface area (Å²) in [5.41, 5.74) is -0.141. The minimum atomic E-state index is -4.62. The van der Waals surface area contributed by atoms with Crippen LogP contribution < -0.4 is 10.2 Å². The molecule has 1 saturated carbocycles. The van der Waals surface area contributed by atoms with Gasteiger partial charge in [0.25, 0.3) is 5.91 Å². The summed E-state index contributed by atoms with van der Waals surface area (Å²) in [7, 11) is 1.48. The van der Waals surface area contributed by atoms with Crippen LogP contribution in [0.25, 0.3) is 11.3 Å².